The fourth-order valence-corrected chi connectivity index (χ4v) is 3.89. The van der Waals surface area contributed by atoms with E-state index < -0.39 is 18.0 Å². The van der Waals surface area contributed by atoms with Gasteiger partial charge in [0, 0.05) is 5.56 Å². The Morgan fingerprint density at radius 3 is 2.51 bits per heavy atom. The molecule has 0 aliphatic rings. The minimum Gasteiger partial charge on any atom is -0.341 e. The van der Waals surface area contributed by atoms with Crippen LogP contribution in [0.1, 0.15) is 38.9 Å². The number of imidazole rings is 1. The molecule has 1 unspecified atom stereocenters. The molecule has 35 heavy (non-hydrogen) atoms. The van der Waals surface area contributed by atoms with Crippen LogP contribution in [-0.4, -0.2) is 36.1 Å². The van der Waals surface area contributed by atoms with Crippen molar-refractivity contribution in [3.05, 3.63) is 101 Å². The minimum absolute atomic E-state index is 0.188. The zero-order chi connectivity index (χ0) is 24.6. The third kappa shape index (κ3) is 4.47. The van der Waals surface area contributed by atoms with Crippen molar-refractivity contribution in [3.63, 3.8) is 0 Å². The van der Waals surface area contributed by atoms with E-state index >= 15 is 0 Å². The fraction of sp³-hybridized carbons (Fsp3) is 0.125. The molecule has 2 aromatic heterocycles. The number of hydrogen-bond acceptors (Lipinski definition) is 5. The first-order chi connectivity index (χ1) is 16.8. The maximum absolute atomic E-state index is 13.2. The van der Waals surface area contributed by atoms with Crippen molar-refractivity contribution in [2.75, 3.05) is 0 Å². The second-order valence-corrected chi connectivity index (χ2v) is 7.93. The molecule has 0 bridgehead atoms. The van der Waals surface area contributed by atoms with Crippen LogP contribution >= 0.6 is 0 Å². The highest BCUT2D eigenvalue weighted by molar-refractivity contribution is 5.95. The number of rotatable bonds is 5. The number of aryl methyl sites for hydroxylation is 1. The Balaban J connectivity index is 1.49. The first-order valence-electron chi connectivity index (χ1n) is 10.6. The summed E-state index contributed by atoms with van der Waals surface area (Å²) in [4.78, 5) is 19.2. The first kappa shape index (κ1) is 22.3. The molecular weight excluding hydrogens is 459 g/mol. The van der Waals surface area contributed by atoms with E-state index in [1.807, 2.05) is 37.3 Å². The number of carbonyl (C=O) groups is 1. The summed E-state index contributed by atoms with van der Waals surface area (Å²) in [5, 5.41) is 14.1. The summed E-state index contributed by atoms with van der Waals surface area (Å²) in [6.07, 6.45) is -3.12. The van der Waals surface area contributed by atoms with Gasteiger partial charge in [-0.15, -0.1) is 5.10 Å². The minimum atomic E-state index is -4.58. The highest BCUT2D eigenvalue weighted by Gasteiger charge is 2.34. The zero-order valence-corrected chi connectivity index (χ0v) is 18.3. The molecule has 1 atom stereocenters. The predicted molar refractivity (Wildman–Crippen MR) is 121 cm³/mol. The first-order valence-corrected chi connectivity index (χ1v) is 10.6. The molecule has 0 aliphatic heterocycles. The SMILES string of the molecule is Cc1cc(C(=O)NC(c2ccccc2)c2ccc3nc(C(F)(F)F)[nH]c3c2)ccc1-n1cnnn1. The lowest BCUT2D eigenvalue weighted by molar-refractivity contribution is -0.144. The number of amides is 1. The Labute approximate surface area is 196 Å². The largest absolute Gasteiger partial charge is 0.449 e. The Bertz CT molecular complexity index is 1500. The molecule has 0 aliphatic carbocycles. The summed E-state index contributed by atoms with van der Waals surface area (Å²) in [7, 11) is 0. The summed E-state index contributed by atoms with van der Waals surface area (Å²) >= 11 is 0. The van der Waals surface area contributed by atoms with Gasteiger partial charge in [0.15, 0.2) is 0 Å². The highest BCUT2D eigenvalue weighted by atomic mass is 19.4. The smallest absolute Gasteiger partial charge is 0.341 e. The van der Waals surface area contributed by atoms with Gasteiger partial charge in [-0.05, 0) is 64.4 Å². The van der Waals surface area contributed by atoms with Gasteiger partial charge < -0.3 is 10.3 Å². The summed E-state index contributed by atoms with van der Waals surface area (Å²) in [6, 6.07) is 18.4. The lowest BCUT2D eigenvalue weighted by Crippen LogP contribution is -2.29. The van der Waals surface area contributed by atoms with Crippen molar-refractivity contribution in [1.82, 2.24) is 35.5 Å². The van der Waals surface area contributed by atoms with E-state index in [4.69, 9.17) is 0 Å². The number of H-pyrrole nitrogens is 1. The molecule has 0 saturated heterocycles. The van der Waals surface area contributed by atoms with Crippen LogP contribution in [0.5, 0.6) is 0 Å². The van der Waals surface area contributed by atoms with Gasteiger partial charge in [0.05, 0.1) is 22.8 Å². The molecule has 0 saturated carbocycles. The topological polar surface area (TPSA) is 101 Å². The van der Waals surface area contributed by atoms with Crippen LogP contribution in [0.15, 0.2) is 73.1 Å². The van der Waals surface area contributed by atoms with E-state index in [0.29, 0.717) is 11.1 Å². The fourth-order valence-electron chi connectivity index (χ4n) is 3.89. The summed E-state index contributed by atoms with van der Waals surface area (Å²) < 4.78 is 40.8. The maximum atomic E-state index is 13.2. The number of nitrogens with one attached hydrogen (secondary N) is 2. The molecular formula is C24H18F3N7O. The zero-order valence-electron chi connectivity index (χ0n) is 18.3. The van der Waals surface area contributed by atoms with E-state index in [2.05, 4.69) is 30.8 Å². The second-order valence-electron chi connectivity index (χ2n) is 7.93. The number of carbonyl (C=O) groups excluding carboxylic acids is 1. The molecule has 176 valence electrons. The molecule has 11 heteroatoms. The number of nitrogens with zero attached hydrogens (tertiary/aromatic N) is 5. The molecule has 5 aromatic rings. The Hall–Kier alpha value is -4.54. The molecule has 0 fully saturated rings. The Morgan fingerprint density at radius 2 is 1.83 bits per heavy atom. The average molecular weight is 477 g/mol. The van der Waals surface area contributed by atoms with Gasteiger partial charge in [0.25, 0.3) is 5.91 Å². The van der Waals surface area contributed by atoms with E-state index in [1.165, 1.54) is 17.1 Å². The predicted octanol–water partition coefficient (Wildman–Crippen LogP) is 4.39. The van der Waals surface area contributed by atoms with Crippen molar-refractivity contribution < 1.29 is 18.0 Å². The number of aromatic amines is 1. The van der Waals surface area contributed by atoms with E-state index in [-0.39, 0.29) is 16.9 Å². The molecule has 8 nitrogen and oxygen atoms in total. The van der Waals surface area contributed by atoms with Crippen molar-refractivity contribution in [1.29, 1.82) is 0 Å². The van der Waals surface area contributed by atoms with Gasteiger partial charge in [-0.2, -0.15) is 13.2 Å². The molecule has 0 radical (unpaired) electrons. The van der Waals surface area contributed by atoms with Crippen molar-refractivity contribution in [2.45, 2.75) is 19.1 Å². The van der Waals surface area contributed by atoms with Crippen molar-refractivity contribution in [3.8, 4) is 5.69 Å². The normalized spacial score (nSPS) is 12.6. The highest BCUT2D eigenvalue weighted by Crippen LogP contribution is 2.30. The standard InChI is InChI=1S/C24H18F3N7O/c1-14-11-17(8-10-20(14)34-13-28-32-33-34)22(35)31-21(15-5-3-2-4-6-15)16-7-9-18-19(12-16)30-23(29-18)24(25,26)27/h2-13,21H,1H3,(H,29,30)(H,31,35). The quantitative estimate of drug-likeness (QED) is 0.391. The summed E-state index contributed by atoms with van der Waals surface area (Å²) in [6.45, 7) is 1.84. The van der Waals surface area contributed by atoms with Gasteiger partial charge in [0.1, 0.15) is 6.33 Å². The molecule has 3 aromatic carbocycles. The second kappa shape index (κ2) is 8.67. The van der Waals surface area contributed by atoms with E-state index in [0.717, 1.165) is 16.8 Å². The molecule has 1 amide bonds. The summed E-state index contributed by atoms with van der Waals surface area (Å²) in [5.74, 6) is -1.41. The van der Waals surface area contributed by atoms with Gasteiger partial charge in [-0.3, -0.25) is 4.79 Å². The third-order valence-corrected chi connectivity index (χ3v) is 5.57. The molecule has 5 rings (SSSR count). The van der Waals surface area contributed by atoms with Gasteiger partial charge in [0.2, 0.25) is 5.82 Å². The Morgan fingerprint density at radius 1 is 1.03 bits per heavy atom. The lowest BCUT2D eigenvalue weighted by atomic mass is 9.97. The lowest BCUT2D eigenvalue weighted by Gasteiger charge is -2.20. The van der Waals surface area contributed by atoms with E-state index in [1.54, 1.807) is 30.3 Å². The maximum Gasteiger partial charge on any atom is 0.449 e. The number of hydrogen-bond donors (Lipinski definition) is 2. The van der Waals surface area contributed by atoms with Crippen LogP contribution < -0.4 is 5.32 Å². The molecule has 2 N–H and O–H groups in total. The monoisotopic (exact) mass is 477 g/mol. The van der Waals surface area contributed by atoms with Crippen LogP contribution in [0, 0.1) is 6.92 Å². The van der Waals surface area contributed by atoms with Crippen LogP contribution in [-0.2, 0) is 6.18 Å². The van der Waals surface area contributed by atoms with Crippen LogP contribution in [0.3, 0.4) is 0 Å². The van der Waals surface area contributed by atoms with Crippen LogP contribution in [0.25, 0.3) is 16.7 Å². The average Bonchev–Trinajstić information content (AvgIpc) is 3.52. The molecule has 2 heterocycles. The van der Waals surface area contributed by atoms with E-state index in [9.17, 15) is 18.0 Å². The summed E-state index contributed by atoms with van der Waals surface area (Å²) in [5.41, 5.74) is 3.74. The number of tetrazole rings is 1. The third-order valence-electron chi connectivity index (χ3n) is 5.57. The number of benzene rings is 3. The number of halogens is 3. The van der Waals surface area contributed by atoms with Gasteiger partial charge in [-0.1, -0.05) is 36.4 Å². The Kier molecular flexibility index (Phi) is 5.51. The number of alkyl halides is 3. The van der Waals surface area contributed by atoms with Crippen molar-refractivity contribution >= 4 is 16.9 Å². The van der Waals surface area contributed by atoms with Crippen LogP contribution in [0.4, 0.5) is 13.2 Å². The van der Waals surface area contributed by atoms with Crippen LogP contribution in [0.2, 0.25) is 0 Å². The van der Waals surface area contributed by atoms with Gasteiger partial charge >= 0.3 is 6.18 Å². The number of aromatic nitrogens is 6. The number of fused-ring (bicyclic) bond motifs is 1. The van der Waals surface area contributed by atoms with Gasteiger partial charge in [-0.25, -0.2) is 9.67 Å². The molecule has 0 spiro atoms. The van der Waals surface area contributed by atoms with Crippen molar-refractivity contribution in [2.24, 2.45) is 0 Å².